The van der Waals surface area contributed by atoms with Crippen molar-refractivity contribution in [2.75, 3.05) is 56.2 Å². The van der Waals surface area contributed by atoms with Gasteiger partial charge in [0.05, 0.1) is 27.0 Å². The third kappa shape index (κ3) is 9.90. The summed E-state index contributed by atoms with van der Waals surface area (Å²) in [5.74, 6) is 0.174. The fraction of sp³-hybridized carbons (Fsp3) is 0.536. The van der Waals surface area contributed by atoms with E-state index in [4.69, 9.17) is 19.2 Å². The fourth-order valence-corrected chi connectivity index (χ4v) is 13.9. The minimum Gasteiger partial charge on any atom is -0.489 e. The van der Waals surface area contributed by atoms with Gasteiger partial charge in [-0.05, 0) is 143 Å². The number of hydrogen-bond acceptors (Lipinski definition) is 14. The second kappa shape index (κ2) is 20.0. The molecule has 17 nitrogen and oxygen atoms in total. The monoisotopic (exact) mass is 1030 g/mol. The molecule has 0 unspecified atom stereocenters. The number of ether oxygens (including phenoxy) is 3. The molecule has 2 saturated carbocycles. The second-order valence-electron chi connectivity index (χ2n) is 22.5. The van der Waals surface area contributed by atoms with Gasteiger partial charge in [0, 0.05) is 73.2 Å². The normalized spacial score (nSPS) is 25.2. The maximum atomic E-state index is 14.5. The number of fused-ring (bicyclic) bond motifs is 2. The molecule has 11 rings (SSSR count). The molecular formula is C56H70N8O9S. The Balaban J connectivity index is 0.843. The standard InChI is InChI=1S/C56H70N8O9S/c1-5-61-24-17-39(61)33-72-54-50(27-37-16-22-57-52(37)59-54)73-48-28-38(62-25-20-56(21-26-62)31-40(32-56)63-23-8-11-46(63)43-10-7-6-9-42(43)35(2)3)12-13-44(48)53(65)60-74(69,70)41-29-47(64(67)68)51-49(30-41)71-34-45(58-51)36-14-18-55(4,66)19-15-36/h6-7,9-10,12-13,16,22,27-30,35-36,39-40,45-46,58,66H,5,8,11,14-15,17-21,23-26,31-34H2,1-4H3,(H,57,59)(H,60,65)/t36-,39-,45-,46-,55-/m1/s1. The molecule has 3 atom stereocenters. The lowest BCUT2D eigenvalue weighted by Crippen LogP contribution is -2.54. The molecule has 2 aromatic heterocycles. The molecule has 5 aromatic rings. The topological polar surface area (TPSA) is 205 Å². The number of benzene rings is 3. The van der Waals surface area contributed by atoms with Crippen molar-refractivity contribution in [2.45, 2.75) is 139 Å². The molecule has 1 amide bonds. The second-order valence-corrected chi connectivity index (χ2v) is 24.2. The number of aromatic nitrogens is 2. The number of likely N-dealkylation sites (N-methyl/N-ethyl adjacent to an activating group) is 1. The summed E-state index contributed by atoms with van der Waals surface area (Å²) in [7, 11) is -4.72. The SMILES string of the molecule is CCN1CC[C@@H]1COc1nc2[nH]ccc2cc1Oc1cc(N2CCC3(CC2)CC(N2CCC[C@@H]2c2ccccc2C(C)C)C3)ccc1C(=O)NS(=O)(=O)c1cc2c(c([N+](=O)[O-])c1)N[C@@H]([C@H]1CC[C@](C)(O)CC1)CO2. The summed E-state index contributed by atoms with van der Waals surface area (Å²) in [4.78, 5) is 41.2. The number of carbonyl (C=O) groups is 1. The van der Waals surface area contributed by atoms with E-state index in [0.717, 1.165) is 69.1 Å². The molecular weight excluding hydrogens is 961 g/mol. The molecule has 5 fully saturated rings. The first-order valence-electron chi connectivity index (χ1n) is 26.8. The summed E-state index contributed by atoms with van der Waals surface area (Å²) in [6, 6.07) is 21.0. The van der Waals surface area contributed by atoms with Crippen molar-refractivity contribution >= 4 is 44.0 Å². The summed E-state index contributed by atoms with van der Waals surface area (Å²) < 4.78 is 49.8. The van der Waals surface area contributed by atoms with Gasteiger partial charge >= 0.3 is 0 Å². The number of nitrogens with one attached hydrogen (secondary N) is 3. The van der Waals surface area contributed by atoms with Crippen molar-refractivity contribution in [2.24, 2.45) is 11.3 Å². The molecule has 4 aliphatic heterocycles. The van der Waals surface area contributed by atoms with E-state index in [2.05, 4.69) is 74.8 Å². The Bertz CT molecular complexity index is 3020. The van der Waals surface area contributed by atoms with Crippen LogP contribution in [0.5, 0.6) is 23.1 Å². The Hall–Kier alpha value is -5.95. The van der Waals surface area contributed by atoms with Gasteiger partial charge in [-0.1, -0.05) is 45.0 Å². The van der Waals surface area contributed by atoms with Crippen molar-refractivity contribution in [3.63, 3.8) is 0 Å². The number of nitro benzene ring substituents is 1. The van der Waals surface area contributed by atoms with Crippen LogP contribution in [0.2, 0.25) is 0 Å². The lowest BCUT2D eigenvalue weighted by Gasteiger charge is -2.56. The molecule has 0 radical (unpaired) electrons. The molecule has 6 heterocycles. The van der Waals surface area contributed by atoms with E-state index in [9.17, 15) is 28.4 Å². The minimum atomic E-state index is -4.72. The van der Waals surface area contributed by atoms with E-state index >= 15 is 0 Å². The third-order valence-corrected chi connectivity index (χ3v) is 18.8. The number of aromatic amines is 1. The van der Waals surface area contributed by atoms with Crippen molar-refractivity contribution in [1.82, 2.24) is 24.5 Å². The molecule has 74 heavy (non-hydrogen) atoms. The van der Waals surface area contributed by atoms with Gasteiger partial charge in [0.15, 0.2) is 17.2 Å². The van der Waals surface area contributed by atoms with Crippen LogP contribution in [0.1, 0.15) is 132 Å². The van der Waals surface area contributed by atoms with E-state index in [1.807, 2.05) is 19.1 Å². The predicted molar refractivity (Wildman–Crippen MR) is 283 cm³/mol. The molecule has 18 heteroatoms. The van der Waals surface area contributed by atoms with Crippen molar-refractivity contribution in [3.8, 4) is 23.1 Å². The van der Waals surface area contributed by atoms with Crippen LogP contribution in [-0.2, 0) is 10.0 Å². The van der Waals surface area contributed by atoms with E-state index in [1.165, 1.54) is 42.9 Å². The van der Waals surface area contributed by atoms with Crippen LogP contribution in [0.25, 0.3) is 11.0 Å². The third-order valence-electron chi connectivity index (χ3n) is 17.5. The number of nitro groups is 1. The number of pyridine rings is 1. The summed E-state index contributed by atoms with van der Waals surface area (Å²) in [5.41, 5.74) is 3.40. The smallest absolute Gasteiger partial charge is 0.297 e. The maximum absolute atomic E-state index is 14.5. The number of aliphatic hydroxyl groups is 1. The Labute approximate surface area is 433 Å². The van der Waals surface area contributed by atoms with Gasteiger partial charge in [-0.2, -0.15) is 4.98 Å². The molecule has 394 valence electrons. The highest BCUT2D eigenvalue weighted by atomic mass is 32.2. The minimum absolute atomic E-state index is 0.00280. The van der Waals surface area contributed by atoms with Gasteiger partial charge in [-0.15, -0.1) is 0 Å². The number of nitrogens with zero attached hydrogens (tertiary/aromatic N) is 5. The number of sulfonamides is 1. The van der Waals surface area contributed by atoms with Crippen LogP contribution in [0.3, 0.4) is 0 Å². The molecule has 2 aliphatic carbocycles. The van der Waals surface area contributed by atoms with Crippen molar-refractivity contribution in [3.05, 3.63) is 99.7 Å². The molecule has 0 bridgehead atoms. The number of H-pyrrole nitrogens is 1. The summed E-state index contributed by atoms with van der Waals surface area (Å²) in [5, 5.41) is 27.1. The number of anilines is 2. The fourth-order valence-electron chi connectivity index (χ4n) is 12.9. The molecule has 3 aromatic carbocycles. The lowest BCUT2D eigenvalue weighted by molar-refractivity contribution is -0.384. The molecule has 3 saturated heterocycles. The number of rotatable bonds is 15. The van der Waals surface area contributed by atoms with Gasteiger partial charge in [-0.3, -0.25) is 24.7 Å². The van der Waals surface area contributed by atoms with Crippen molar-refractivity contribution < 1.29 is 37.5 Å². The lowest BCUT2D eigenvalue weighted by atomic mass is 9.59. The van der Waals surface area contributed by atoms with Crippen LogP contribution in [-0.4, -0.2) is 114 Å². The van der Waals surface area contributed by atoms with Crippen molar-refractivity contribution in [1.29, 1.82) is 0 Å². The van der Waals surface area contributed by atoms with Gasteiger partial charge in [0.2, 0.25) is 0 Å². The Morgan fingerprint density at radius 1 is 0.986 bits per heavy atom. The van der Waals surface area contributed by atoms with Crippen LogP contribution in [0, 0.1) is 21.4 Å². The van der Waals surface area contributed by atoms with E-state index < -0.39 is 37.0 Å². The Kier molecular flexibility index (Phi) is 13.5. The summed E-state index contributed by atoms with van der Waals surface area (Å²) >= 11 is 0. The zero-order valence-corrected chi connectivity index (χ0v) is 43.8. The van der Waals surface area contributed by atoms with E-state index in [-0.39, 0.29) is 64.4 Å². The maximum Gasteiger partial charge on any atom is 0.297 e. The zero-order valence-electron chi connectivity index (χ0n) is 43.0. The number of piperidine rings is 1. The van der Waals surface area contributed by atoms with Crippen LogP contribution in [0.4, 0.5) is 17.1 Å². The average Bonchev–Trinajstić information content (AvgIpc) is 4.05. The predicted octanol–water partition coefficient (Wildman–Crippen LogP) is 9.68. The van der Waals surface area contributed by atoms with E-state index in [1.54, 1.807) is 24.4 Å². The molecule has 4 N–H and O–H groups in total. The van der Waals surface area contributed by atoms with Gasteiger partial charge in [0.1, 0.15) is 24.6 Å². The largest absolute Gasteiger partial charge is 0.489 e. The zero-order chi connectivity index (χ0) is 51.5. The first-order valence-corrected chi connectivity index (χ1v) is 28.3. The van der Waals surface area contributed by atoms with Gasteiger partial charge in [-0.25, -0.2) is 13.1 Å². The Morgan fingerprint density at radius 3 is 2.50 bits per heavy atom. The highest BCUT2D eigenvalue weighted by Crippen LogP contribution is 2.55. The summed E-state index contributed by atoms with van der Waals surface area (Å²) in [6.07, 6.45) is 12.2. The van der Waals surface area contributed by atoms with Gasteiger partial charge in [0.25, 0.3) is 27.5 Å². The first kappa shape index (κ1) is 50.2. The Morgan fingerprint density at radius 2 is 1.77 bits per heavy atom. The van der Waals surface area contributed by atoms with Crippen LogP contribution < -0.4 is 29.1 Å². The highest BCUT2D eigenvalue weighted by Gasteiger charge is 2.50. The van der Waals surface area contributed by atoms with E-state index in [0.29, 0.717) is 55.9 Å². The molecule has 1 spiro atoms. The van der Waals surface area contributed by atoms with Crippen LogP contribution in [0.15, 0.2) is 77.8 Å². The number of carbonyl (C=O) groups excluding carboxylic acids is 1. The molecule has 6 aliphatic rings. The van der Waals surface area contributed by atoms with Crippen LogP contribution >= 0.6 is 0 Å². The summed E-state index contributed by atoms with van der Waals surface area (Å²) in [6.45, 7) is 13.7. The number of amides is 1. The average molecular weight is 1030 g/mol. The quantitative estimate of drug-likeness (QED) is 0.0570. The highest BCUT2D eigenvalue weighted by molar-refractivity contribution is 7.90. The number of likely N-dealkylation sites (tertiary alicyclic amines) is 2. The number of hydrogen-bond donors (Lipinski definition) is 4. The first-order chi connectivity index (χ1) is 35.6. The van der Waals surface area contributed by atoms with Gasteiger partial charge < -0.3 is 34.5 Å².